The van der Waals surface area contributed by atoms with Gasteiger partial charge in [0.15, 0.2) is 5.75 Å². The van der Waals surface area contributed by atoms with Crippen molar-refractivity contribution in [1.82, 2.24) is 9.55 Å². The van der Waals surface area contributed by atoms with E-state index in [1.54, 1.807) is 31.1 Å². The number of fused-ring (bicyclic) bond motifs is 3. The predicted octanol–water partition coefficient (Wildman–Crippen LogP) is 7.49. The van der Waals surface area contributed by atoms with E-state index in [1.165, 1.54) is 11.6 Å². The number of ether oxygens (including phenoxy) is 1. The number of anilines is 3. The van der Waals surface area contributed by atoms with Gasteiger partial charge < -0.3 is 19.1 Å². The number of halogens is 4. The second-order valence-corrected chi connectivity index (χ2v) is 9.27. The lowest BCUT2D eigenvalue weighted by atomic mass is 9.93. The van der Waals surface area contributed by atoms with Gasteiger partial charge in [0.2, 0.25) is 5.95 Å². The standard InChI is InChI=1S/C25H30ClF3N4O/c1-5-16(6-2)18-10-11-19(26)22-23(18)33-14-8-7-13-32(24(33)30-22)20-12-9-17(31(3)4)15-21(20)34-25(27,28)29/h9-12,15-16H,5-8,13-14H2,1-4H3. The second-order valence-electron chi connectivity index (χ2n) is 8.86. The fraction of sp³-hybridized carbons (Fsp3) is 0.480. The van der Waals surface area contributed by atoms with E-state index < -0.39 is 6.36 Å². The molecule has 2 aromatic carbocycles. The molecule has 1 aliphatic heterocycles. The van der Waals surface area contributed by atoms with Gasteiger partial charge in [-0.3, -0.25) is 0 Å². The molecule has 0 spiro atoms. The van der Waals surface area contributed by atoms with Crippen LogP contribution in [0.15, 0.2) is 30.3 Å². The summed E-state index contributed by atoms with van der Waals surface area (Å²) in [6.07, 6.45) is -1.15. The Kier molecular flexibility index (Phi) is 6.90. The molecule has 0 unspecified atom stereocenters. The number of alkyl halides is 3. The van der Waals surface area contributed by atoms with Crippen molar-refractivity contribution in [1.29, 1.82) is 0 Å². The van der Waals surface area contributed by atoms with Gasteiger partial charge >= 0.3 is 6.36 Å². The van der Waals surface area contributed by atoms with Gasteiger partial charge in [-0.1, -0.05) is 31.5 Å². The van der Waals surface area contributed by atoms with Crippen molar-refractivity contribution in [3.63, 3.8) is 0 Å². The van der Waals surface area contributed by atoms with E-state index in [9.17, 15) is 13.2 Å². The minimum atomic E-state index is -4.81. The van der Waals surface area contributed by atoms with Gasteiger partial charge in [0.05, 0.1) is 16.2 Å². The Hall–Kier alpha value is -2.61. The van der Waals surface area contributed by atoms with Crippen molar-refractivity contribution >= 4 is 40.0 Å². The smallest absolute Gasteiger partial charge is 0.403 e. The normalized spacial score (nSPS) is 14.4. The number of imidazole rings is 1. The van der Waals surface area contributed by atoms with Crippen LogP contribution in [0.3, 0.4) is 0 Å². The highest BCUT2D eigenvalue weighted by Gasteiger charge is 2.34. The highest BCUT2D eigenvalue weighted by Crippen LogP contribution is 2.43. The molecular formula is C25H30ClF3N4O. The highest BCUT2D eigenvalue weighted by atomic mass is 35.5. The molecule has 0 aliphatic carbocycles. The lowest BCUT2D eigenvalue weighted by molar-refractivity contribution is -0.274. The first-order valence-corrected chi connectivity index (χ1v) is 12.1. The maximum absolute atomic E-state index is 13.3. The first kappa shape index (κ1) is 24.5. The van der Waals surface area contributed by atoms with E-state index in [4.69, 9.17) is 16.6 Å². The molecule has 0 bridgehead atoms. The fourth-order valence-electron chi connectivity index (χ4n) is 4.78. The van der Waals surface area contributed by atoms with Crippen LogP contribution in [0.4, 0.5) is 30.5 Å². The first-order valence-electron chi connectivity index (χ1n) is 11.7. The summed E-state index contributed by atoms with van der Waals surface area (Å²) >= 11 is 6.57. The quantitative estimate of drug-likeness (QED) is 0.355. The number of hydrogen-bond acceptors (Lipinski definition) is 4. The molecule has 0 N–H and O–H groups in total. The van der Waals surface area contributed by atoms with Crippen LogP contribution in [0.25, 0.3) is 11.0 Å². The summed E-state index contributed by atoms with van der Waals surface area (Å²) in [5.74, 6) is 0.698. The molecule has 0 saturated heterocycles. The molecule has 5 nitrogen and oxygen atoms in total. The predicted molar refractivity (Wildman–Crippen MR) is 132 cm³/mol. The summed E-state index contributed by atoms with van der Waals surface area (Å²) in [4.78, 5) is 8.46. The lowest BCUT2D eigenvalue weighted by Crippen LogP contribution is -2.24. The van der Waals surface area contributed by atoms with E-state index in [2.05, 4.69) is 29.2 Å². The van der Waals surface area contributed by atoms with Crippen LogP contribution in [-0.2, 0) is 6.54 Å². The monoisotopic (exact) mass is 494 g/mol. The molecule has 0 atom stereocenters. The van der Waals surface area contributed by atoms with Crippen molar-refractivity contribution in [3.8, 4) is 5.75 Å². The largest absolute Gasteiger partial charge is 0.573 e. The summed E-state index contributed by atoms with van der Waals surface area (Å²) in [5, 5.41) is 0.542. The molecule has 0 saturated carbocycles. The van der Waals surface area contributed by atoms with Gasteiger partial charge in [-0.15, -0.1) is 13.2 Å². The fourth-order valence-corrected chi connectivity index (χ4v) is 4.97. The van der Waals surface area contributed by atoms with E-state index in [0.29, 0.717) is 40.3 Å². The molecule has 0 radical (unpaired) electrons. The molecule has 0 amide bonds. The Labute approximate surface area is 203 Å². The van der Waals surface area contributed by atoms with Crippen LogP contribution < -0.4 is 14.5 Å². The van der Waals surface area contributed by atoms with Gasteiger partial charge in [-0.2, -0.15) is 0 Å². The first-order chi connectivity index (χ1) is 16.1. The SMILES string of the molecule is CCC(CC)c1ccc(Cl)c2nc3n(c12)CCCCN3c1ccc(N(C)C)cc1OC(F)(F)F. The second kappa shape index (κ2) is 9.56. The van der Waals surface area contributed by atoms with Crippen molar-refractivity contribution in [2.45, 2.75) is 58.4 Å². The molecule has 2 heterocycles. The van der Waals surface area contributed by atoms with Gasteiger partial charge in [-0.05, 0) is 55.4 Å². The number of aryl methyl sites for hydroxylation is 1. The topological polar surface area (TPSA) is 33.5 Å². The number of nitrogens with zero attached hydrogens (tertiary/aromatic N) is 4. The number of aromatic nitrogens is 2. The number of benzene rings is 2. The molecule has 184 valence electrons. The Morgan fingerprint density at radius 2 is 1.79 bits per heavy atom. The maximum Gasteiger partial charge on any atom is 0.573 e. The van der Waals surface area contributed by atoms with Crippen LogP contribution in [0.2, 0.25) is 5.02 Å². The van der Waals surface area contributed by atoms with E-state index in [0.717, 1.165) is 37.7 Å². The van der Waals surface area contributed by atoms with Gasteiger partial charge in [0.25, 0.3) is 0 Å². The van der Waals surface area contributed by atoms with Crippen LogP contribution in [0, 0.1) is 0 Å². The highest BCUT2D eigenvalue weighted by molar-refractivity contribution is 6.35. The van der Waals surface area contributed by atoms with E-state index >= 15 is 0 Å². The van der Waals surface area contributed by atoms with Crippen molar-refractivity contribution in [2.24, 2.45) is 0 Å². The molecule has 3 aromatic rings. The average molecular weight is 495 g/mol. The summed E-state index contributed by atoms with van der Waals surface area (Å²) < 4.78 is 46.7. The van der Waals surface area contributed by atoms with Gasteiger partial charge in [0.1, 0.15) is 5.52 Å². The molecule has 1 aliphatic rings. The zero-order chi connectivity index (χ0) is 24.6. The van der Waals surface area contributed by atoms with Crippen LogP contribution in [0.1, 0.15) is 51.0 Å². The van der Waals surface area contributed by atoms with Crippen molar-refractivity contribution in [2.75, 3.05) is 30.4 Å². The third-order valence-corrected chi connectivity index (χ3v) is 6.82. The summed E-state index contributed by atoms with van der Waals surface area (Å²) in [7, 11) is 3.55. The van der Waals surface area contributed by atoms with Gasteiger partial charge in [0, 0.05) is 38.9 Å². The van der Waals surface area contributed by atoms with Crippen molar-refractivity contribution in [3.05, 3.63) is 40.9 Å². The average Bonchev–Trinajstić information content (AvgIpc) is 3.03. The number of rotatable bonds is 6. The Morgan fingerprint density at radius 3 is 2.44 bits per heavy atom. The maximum atomic E-state index is 13.3. The van der Waals surface area contributed by atoms with E-state index in [1.807, 2.05) is 11.0 Å². The van der Waals surface area contributed by atoms with E-state index in [-0.39, 0.29) is 5.75 Å². The Bertz CT molecular complexity index is 1170. The molecule has 1 aromatic heterocycles. The third kappa shape index (κ3) is 4.65. The van der Waals surface area contributed by atoms with Crippen LogP contribution in [0.5, 0.6) is 5.75 Å². The molecule has 4 rings (SSSR count). The summed E-state index contributed by atoms with van der Waals surface area (Å²) in [6, 6.07) is 8.83. The third-order valence-electron chi connectivity index (χ3n) is 6.51. The van der Waals surface area contributed by atoms with Gasteiger partial charge in [-0.25, -0.2) is 4.98 Å². The summed E-state index contributed by atoms with van der Waals surface area (Å²) in [5.41, 5.74) is 3.80. The Morgan fingerprint density at radius 1 is 1.09 bits per heavy atom. The zero-order valence-electron chi connectivity index (χ0n) is 19.9. The van der Waals surface area contributed by atoms with Crippen LogP contribution in [-0.4, -0.2) is 36.6 Å². The minimum Gasteiger partial charge on any atom is -0.403 e. The van der Waals surface area contributed by atoms with Crippen molar-refractivity contribution < 1.29 is 17.9 Å². The lowest BCUT2D eigenvalue weighted by Gasteiger charge is -2.26. The molecule has 34 heavy (non-hydrogen) atoms. The molecule has 9 heteroatoms. The number of hydrogen-bond donors (Lipinski definition) is 0. The molecule has 0 fully saturated rings. The summed E-state index contributed by atoms with van der Waals surface area (Å²) in [6.45, 7) is 5.57. The van der Waals surface area contributed by atoms with Crippen LogP contribution >= 0.6 is 11.6 Å². The zero-order valence-corrected chi connectivity index (χ0v) is 20.7. The minimum absolute atomic E-state index is 0.245. The molecular weight excluding hydrogens is 465 g/mol. The Balaban J connectivity index is 1.93.